The van der Waals surface area contributed by atoms with Crippen LogP contribution in [0.5, 0.6) is 5.75 Å². The second-order valence-corrected chi connectivity index (χ2v) is 3.16. The molecule has 0 radical (unpaired) electrons. The Morgan fingerprint density at radius 3 is 2.58 bits per heavy atom. The summed E-state index contributed by atoms with van der Waals surface area (Å²) < 4.78 is 0. The third-order valence-electron chi connectivity index (χ3n) is 1.62. The molecule has 12 heavy (non-hydrogen) atoms. The van der Waals surface area contributed by atoms with Crippen LogP contribution in [0.2, 0.25) is 5.02 Å². The highest BCUT2D eigenvalue weighted by Crippen LogP contribution is 2.32. The lowest BCUT2D eigenvalue weighted by molar-refractivity contribution is 0.466. The summed E-state index contributed by atoms with van der Waals surface area (Å²) in [6, 6.07) is 2.83. The van der Waals surface area contributed by atoms with Crippen LogP contribution < -0.4 is 11.5 Å². The molecule has 0 spiro atoms. The molecule has 0 saturated carbocycles. The zero-order valence-corrected chi connectivity index (χ0v) is 7.47. The molecule has 1 aromatic rings. The van der Waals surface area contributed by atoms with Crippen LogP contribution in [0.1, 0.15) is 18.5 Å². The number of phenolic OH excluding ortho intramolecular Hbond substituents is 1. The van der Waals surface area contributed by atoms with E-state index in [1.165, 1.54) is 6.07 Å². The van der Waals surface area contributed by atoms with Gasteiger partial charge in [0.1, 0.15) is 5.75 Å². The number of phenols is 1. The van der Waals surface area contributed by atoms with Crippen LogP contribution in [0.15, 0.2) is 12.1 Å². The number of nitrogen functional groups attached to an aromatic ring is 1. The molecule has 4 heteroatoms. The zero-order valence-electron chi connectivity index (χ0n) is 6.71. The van der Waals surface area contributed by atoms with Crippen molar-refractivity contribution in [2.75, 3.05) is 5.73 Å². The second kappa shape index (κ2) is 3.21. The zero-order chi connectivity index (χ0) is 9.30. The standard InChI is InChI=1S/C8H11ClN2O/c1-4(10)6-2-5(9)3-7(11)8(6)12/h2-4,12H,10-11H2,1H3/t4-/m1/s1. The first-order valence-corrected chi connectivity index (χ1v) is 3.93. The molecule has 3 nitrogen and oxygen atoms in total. The molecule has 0 bridgehead atoms. The number of anilines is 1. The van der Waals surface area contributed by atoms with Crippen LogP contribution in [0.4, 0.5) is 5.69 Å². The number of hydrogen-bond donors (Lipinski definition) is 3. The highest BCUT2D eigenvalue weighted by Gasteiger charge is 2.09. The smallest absolute Gasteiger partial charge is 0.143 e. The average Bonchev–Trinajstić information content (AvgIpc) is 1.96. The maximum Gasteiger partial charge on any atom is 0.143 e. The molecule has 0 heterocycles. The molecule has 0 saturated heterocycles. The number of nitrogens with two attached hydrogens (primary N) is 2. The van der Waals surface area contributed by atoms with Crippen molar-refractivity contribution in [3.63, 3.8) is 0 Å². The predicted octanol–water partition coefficient (Wildman–Crippen LogP) is 1.65. The number of hydrogen-bond acceptors (Lipinski definition) is 3. The van der Waals surface area contributed by atoms with Gasteiger partial charge in [0.05, 0.1) is 5.69 Å². The van der Waals surface area contributed by atoms with Crippen molar-refractivity contribution in [2.24, 2.45) is 5.73 Å². The van der Waals surface area contributed by atoms with Crippen molar-refractivity contribution in [1.29, 1.82) is 0 Å². The lowest BCUT2D eigenvalue weighted by Gasteiger charge is -2.10. The van der Waals surface area contributed by atoms with E-state index in [0.717, 1.165) is 0 Å². The molecular weight excluding hydrogens is 176 g/mol. The fraction of sp³-hybridized carbons (Fsp3) is 0.250. The van der Waals surface area contributed by atoms with Gasteiger partial charge in [-0.1, -0.05) is 11.6 Å². The Labute approximate surface area is 75.9 Å². The Balaban J connectivity index is 3.28. The summed E-state index contributed by atoms with van der Waals surface area (Å²) in [5.41, 5.74) is 11.9. The number of benzene rings is 1. The van der Waals surface area contributed by atoms with Crippen molar-refractivity contribution in [2.45, 2.75) is 13.0 Å². The molecule has 0 aromatic heterocycles. The van der Waals surface area contributed by atoms with Gasteiger partial charge in [-0.25, -0.2) is 0 Å². The van der Waals surface area contributed by atoms with Crippen LogP contribution in [-0.2, 0) is 0 Å². The van der Waals surface area contributed by atoms with E-state index in [1.807, 2.05) is 0 Å². The summed E-state index contributed by atoms with van der Waals surface area (Å²) in [6.07, 6.45) is 0. The van der Waals surface area contributed by atoms with Crippen LogP contribution in [-0.4, -0.2) is 5.11 Å². The van der Waals surface area contributed by atoms with Crippen LogP contribution in [0, 0.1) is 0 Å². The van der Waals surface area contributed by atoms with E-state index in [4.69, 9.17) is 23.1 Å². The highest BCUT2D eigenvalue weighted by molar-refractivity contribution is 6.31. The minimum atomic E-state index is -0.272. The molecule has 66 valence electrons. The van der Waals surface area contributed by atoms with Gasteiger partial charge in [-0.15, -0.1) is 0 Å². The van der Waals surface area contributed by atoms with E-state index in [1.54, 1.807) is 13.0 Å². The molecule has 0 amide bonds. The van der Waals surface area contributed by atoms with Crippen LogP contribution >= 0.6 is 11.6 Å². The van der Waals surface area contributed by atoms with Gasteiger partial charge in [-0.05, 0) is 19.1 Å². The third kappa shape index (κ3) is 1.62. The van der Waals surface area contributed by atoms with E-state index in [9.17, 15) is 5.11 Å². The average molecular weight is 187 g/mol. The molecular formula is C8H11ClN2O. The van der Waals surface area contributed by atoms with Crippen LogP contribution in [0.25, 0.3) is 0 Å². The van der Waals surface area contributed by atoms with E-state index in [-0.39, 0.29) is 17.5 Å². The fourth-order valence-electron chi connectivity index (χ4n) is 0.989. The van der Waals surface area contributed by atoms with E-state index >= 15 is 0 Å². The third-order valence-corrected chi connectivity index (χ3v) is 1.84. The summed E-state index contributed by atoms with van der Waals surface area (Å²) in [4.78, 5) is 0. The molecule has 1 rings (SSSR count). The Morgan fingerprint density at radius 2 is 2.08 bits per heavy atom. The van der Waals surface area contributed by atoms with Gasteiger partial charge >= 0.3 is 0 Å². The molecule has 0 aliphatic rings. The van der Waals surface area contributed by atoms with Gasteiger partial charge in [0.25, 0.3) is 0 Å². The van der Waals surface area contributed by atoms with Gasteiger partial charge in [-0.2, -0.15) is 0 Å². The Morgan fingerprint density at radius 1 is 1.50 bits per heavy atom. The molecule has 0 unspecified atom stereocenters. The molecule has 0 aliphatic heterocycles. The number of aromatic hydroxyl groups is 1. The Kier molecular flexibility index (Phi) is 2.45. The fourth-order valence-corrected chi connectivity index (χ4v) is 1.22. The monoisotopic (exact) mass is 186 g/mol. The van der Waals surface area contributed by atoms with E-state index in [0.29, 0.717) is 10.6 Å². The lowest BCUT2D eigenvalue weighted by atomic mass is 10.1. The number of rotatable bonds is 1. The first kappa shape index (κ1) is 9.16. The van der Waals surface area contributed by atoms with E-state index in [2.05, 4.69) is 0 Å². The first-order chi connectivity index (χ1) is 5.52. The van der Waals surface area contributed by atoms with Gasteiger partial charge in [0.15, 0.2) is 0 Å². The van der Waals surface area contributed by atoms with Crippen molar-refractivity contribution in [1.82, 2.24) is 0 Å². The maximum absolute atomic E-state index is 9.43. The molecule has 0 fully saturated rings. The molecule has 1 aromatic carbocycles. The van der Waals surface area contributed by atoms with Crippen molar-refractivity contribution in [3.05, 3.63) is 22.7 Å². The van der Waals surface area contributed by atoms with Gasteiger partial charge in [-0.3, -0.25) is 0 Å². The van der Waals surface area contributed by atoms with Crippen molar-refractivity contribution in [3.8, 4) is 5.75 Å². The normalized spacial score (nSPS) is 12.9. The first-order valence-electron chi connectivity index (χ1n) is 3.56. The molecule has 0 aliphatic carbocycles. The SMILES string of the molecule is C[C@@H](N)c1cc(Cl)cc(N)c1O. The Bertz CT molecular complexity index is 299. The van der Waals surface area contributed by atoms with Gasteiger partial charge in [0, 0.05) is 16.6 Å². The minimum absolute atomic E-state index is 0.0226. The lowest BCUT2D eigenvalue weighted by Crippen LogP contribution is -2.06. The van der Waals surface area contributed by atoms with Gasteiger partial charge in [0.2, 0.25) is 0 Å². The van der Waals surface area contributed by atoms with Crippen molar-refractivity contribution < 1.29 is 5.11 Å². The molecule has 5 N–H and O–H groups in total. The second-order valence-electron chi connectivity index (χ2n) is 2.72. The summed E-state index contributed by atoms with van der Waals surface area (Å²) in [5.74, 6) is 0.0226. The topological polar surface area (TPSA) is 72.3 Å². The summed E-state index contributed by atoms with van der Waals surface area (Å²) >= 11 is 5.72. The molecule has 1 atom stereocenters. The van der Waals surface area contributed by atoms with Crippen molar-refractivity contribution >= 4 is 17.3 Å². The van der Waals surface area contributed by atoms with Crippen LogP contribution in [0.3, 0.4) is 0 Å². The number of halogens is 1. The Hall–Kier alpha value is -0.930. The quantitative estimate of drug-likeness (QED) is 0.461. The summed E-state index contributed by atoms with van der Waals surface area (Å²) in [5, 5.41) is 9.91. The highest BCUT2D eigenvalue weighted by atomic mass is 35.5. The van der Waals surface area contributed by atoms with E-state index < -0.39 is 0 Å². The summed E-state index contributed by atoms with van der Waals surface area (Å²) in [7, 11) is 0. The summed E-state index contributed by atoms with van der Waals surface area (Å²) in [6.45, 7) is 1.75. The minimum Gasteiger partial charge on any atom is -0.505 e. The predicted molar refractivity (Wildman–Crippen MR) is 50.1 cm³/mol. The van der Waals surface area contributed by atoms with Gasteiger partial charge < -0.3 is 16.6 Å². The largest absolute Gasteiger partial charge is 0.505 e. The maximum atomic E-state index is 9.43.